The van der Waals surface area contributed by atoms with E-state index in [1.807, 2.05) is 0 Å². The molecule has 0 aliphatic heterocycles. The van der Waals surface area contributed by atoms with Gasteiger partial charge in [0.1, 0.15) is 5.75 Å². The Kier molecular flexibility index (Phi) is 7.12. The number of phenols is 1. The lowest BCUT2D eigenvalue weighted by Gasteiger charge is -2.31. The summed E-state index contributed by atoms with van der Waals surface area (Å²) in [6, 6.07) is 7.73. The smallest absolute Gasteiger partial charge is 0.115 e. The van der Waals surface area contributed by atoms with Gasteiger partial charge in [0.25, 0.3) is 0 Å². The average Bonchev–Trinajstić information content (AvgIpc) is 2.38. The van der Waals surface area contributed by atoms with Gasteiger partial charge in [-0.15, -0.1) is 0 Å². The fraction of sp³-hybridized carbons (Fsp3) is 0.684. The molecule has 0 heterocycles. The van der Waals surface area contributed by atoms with Crippen molar-refractivity contribution < 1.29 is 5.11 Å². The summed E-state index contributed by atoms with van der Waals surface area (Å²) in [5.41, 5.74) is 1.69. The normalized spacial score (nSPS) is 13.4. The van der Waals surface area contributed by atoms with Gasteiger partial charge in [0.15, 0.2) is 0 Å². The van der Waals surface area contributed by atoms with E-state index in [1.165, 1.54) is 44.1 Å². The predicted molar refractivity (Wildman–Crippen MR) is 88.1 cm³/mol. The van der Waals surface area contributed by atoms with Gasteiger partial charge in [-0.3, -0.25) is 0 Å². The van der Waals surface area contributed by atoms with E-state index in [0.717, 1.165) is 6.42 Å². The van der Waals surface area contributed by atoms with Crippen molar-refractivity contribution in [2.75, 3.05) is 0 Å². The standard InChI is InChI=1S/C19H32O/c1-5-6-7-8-9-10-17(19(2,3)4)15-16-11-13-18(20)14-12-16/h11-14,17,20H,5-10,15H2,1-4H3. The highest BCUT2D eigenvalue weighted by Crippen LogP contribution is 2.33. The Balaban J connectivity index is 2.50. The van der Waals surface area contributed by atoms with Crippen LogP contribution < -0.4 is 0 Å². The summed E-state index contributed by atoms with van der Waals surface area (Å²) < 4.78 is 0. The molecule has 1 atom stereocenters. The number of rotatable bonds is 8. The van der Waals surface area contributed by atoms with Crippen LogP contribution in [0.2, 0.25) is 0 Å². The SMILES string of the molecule is CCCCCCCC(Cc1ccc(O)cc1)C(C)(C)C. The molecule has 1 nitrogen and oxygen atoms in total. The second kappa shape index (κ2) is 8.34. The summed E-state index contributed by atoms with van der Waals surface area (Å²) in [6.07, 6.45) is 9.22. The van der Waals surface area contributed by atoms with Crippen LogP contribution in [0.15, 0.2) is 24.3 Å². The molecule has 0 saturated heterocycles. The third-order valence-corrected chi connectivity index (χ3v) is 4.30. The van der Waals surface area contributed by atoms with Crippen LogP contribution in [-0.2, 0) is 6.42 Å². The summed E-state index contributed by atoms with van der Waals surface area (Å²) in [5.74, 6) is 1.08. The molecule has 0 bridgehead atoms. The Morgan fingerprint density at radius 2 is 1.55 bits per heavy atom. The highest BCUT2D eigenvalue weighted by Gasteiger charge is 2.24. The molecular formula is C19H32O. The first-order valence-electron chi connectivity index (χ1n) is 8.21. The molecule has 0 fully saturated rings. The van der Waals surface area contributed by atoms with Gasteiger partial charge in [0.2, 0.25) is 0 Å². The highest BCUT2D eigenvalue weighted by atomic mass is 16.3. The average molecular weight is 276 g/mol. The zero-order chi connectivity index (χ0) is 15.0. The van der Waals surface area contributed by atoms with Crippen molar-refractivity contribution in [3.05, 3.63) is 29.8 Å². The molecule has 0 aliphatic carbocycles. The van der Waals surface area contributed by atoms with Crippen molar-refractivity contribution in [2.45, 2.75) is 72.6 Å². The zero-order valence-electron chi connectivity index (χ0n) is 13.8. The first-order valence-corrected chi connectivity index (χ1v) is 8.21. The van der Waals surface area contributed by atoms with Gasteiger partial charge < -0.3 is 5.11 Å². The van der Waals surface area contributed by atoms with E-state index in [1.54, 1.807) is 12.1 Å². The van der Waals surface area contributed by atoms with Crippen LogP contribution in [0.4, 0.5) is 0 Å². The van der Waals surface area contributed by atoms with Crippen LogP contribution in [0.1, 0.15) is 71.8 Å². The van der Waals surface area contributed by atoms with Crippen LogP contribution in [-0.4, -0.2) is 5.11 Å². The summed E-state index contributed by atoms with van der Waals surface area (Å²) in [7, 11) is 0. The summed E-state index contributed by atoms with van der Waals surface area (Å²) in [5, 5.41) is 9.37. The number of phenolic OH excluding ortho intramolecular Hbond substituents is 1. The molecule has 20 heavy (non-hydrogen) atoms. The first kappa shape index (κ1) is 17.1. The number of hydrogen-bond acceptors (Lipinski definition) is 1. The van der Waals surface area contributed by atoms with Crippen LogP contribution in [0.25, 0.3) is 0 Å². The van der Waals surface area contributed by atoms with Crippen LogP contribution >= 0.6 is 0 Å². The number of hydrogen-bond donors (Lipinski definition) is 1. The van der Waals surface area contributed by atoms with Crippen LogP contribution in [0.5, 0.6) is 5.75 Å². The molecule has 1 aromatic carbocycles. The van der Waals surface area contributed by atoms with E-state index in [4.69, 9.17) is 0 Å². The van der Waals surface area contributed by atoms with Crippen molar-refractivity contribution in [1.29, 1.82) is 0 Å². The fourth-order valence-corrected chi connectivity index (χ4v) is 2.75. The minimum atomic E-state index is 0.350. The Bertz CT molecular complexity index is 358. The second-order valence-corrected chi connectivity index (χ2v) is 7.14. The number of benzene rings is 1. The Morgan fingerprint density at radius 3 is 2.10 bits per heavy atom. The largest absolute Gasteiger partial charge is 0.508 e. The third-order valence-electron chi connectivity index (χ3n) is 4.30. The lowest BCUT2D eigenvalue weighted by atomic mass is 9.74. The third kappa shape index (κ3) is 6.45. The molecule has 0 saturated carbocycles. The molecule has 0 amide bonds. The van der Waals surface area contributed by atoms with E-state index in [-0.39, 0.29) is 0 Å². The van der Waals surface area contributed by atoms with Crippen molar-refractivity contribution in [3.63, 3.8) is 0 Å². The van der Waals surface area contributed by atoms with Gasteiger partial charge in [0, 0.05) is 0 Å². The van der Waals surface area contributed by atoms with Crippen molar-refractivity contribution in [2.24, 2.45) is 11.3 Å². The summed E-state index contributed by atoms with van der Waals surface area (Å²) in [4.78, 5) is 0. The maximum atomic E-state index is 9.37. The fourth-order valence-electron chi connectivity index (χ4n) is 2.75. The maximum Gasteiger partial charge on any atom is 0.115 e. The second-order valence-electron chi connectivity index (χ2n) is 7.14. The number of unbranched alkanes of at least 4 members (excludes halogenated alkanes) is 4. The minimum absolute atomic E-state index is 0.350. The van der Waals surface area contributed by atoms with E-state index in [9.17, 15) is 5.11 Å². The molecule has 0 radical (unpaired) electrons. The molecule has 0 aromatic heterocycles. The monoisotopic (exact) mass is 276 g/mol. The molecule has 1 unspecified atom stereocenters. The number of aromatic hydroxyl groups is 1. The summed E-state index contributed by atoms with van der Waals surface area (Å²) >= 11 is 0. The highest BCUT2D eigenvalue weighted by molar-refractivity contribution is 5.26. The van der Waals surface area contributed by atoms with Gasteiger partial charge >= 0.3 is 0 Å². The molecule has 0 aliphatic rings. The topological polar surface area (TPSA) is 20.2 Å². The minimum Gasteiger partial charge on any atom is -0.508 e. The van der Waals surface area contributed by atoms with Gasteiger partial charge in [-0.1, -0.05) is 71.9 Å². The lowest BCUT2D eigenvalue weighted by Crippen LogP contribution is -2.22. The van der Waals surface area contributed by atoms with Crippen molar-refractivity contribution >= 4 is 0 Å². The van der Waals surface area contributed by atoms with Gasteiger partial charge in [-0.2, -0.15) is 0 Å². The Hall–Kier alpha value is -0.980. The molecule has 0 spiro atoms. The van der Waals surface area contributed by atoms with E-state index < -0.39 is 0 Å². The van der Waals surface area contributed by atoms with Crippen LogP contribution in [0.3, 0.4) is 0 Å². The van der Waals surface area contributed by atoms with Crippen molar-refractivity contribution in [1.82, 2.24) is 0 Å². The molecule has 1 heteroatoms. The van der Waals surface area contributed by atoms with E-state index in [2.05, 4.69) is 39.8 Å². The lowest BCUT2D eigenvalue weighted by molar-refractivity contribution is 0.218. The molecule has 114 valence electrons. The quantitative estimate of drug-likeness (QED) is 0.581. The predicted octanol–water partition coefficient (Wildman–Crippen LogP) is 5.96. The molecule has 1 N–H and O–H groups in total. The maximum absolute atomic E-state index is 9.37. The summed E-state index contributed by atoms with van der Waals surface area (Å²) in [6.45, 7) is 9.32. The van der Waals surface area contributed by atoms with E-state index >= 15 is 0 Å². The Labute approximate surface area is 125 Å². The van der Waals surface area contributed by atoms with Gasteiger partial charge in [-0.05, 0) is 41.9 Å². The molecule has 1 rings (SSSR count). The zero-order valence-corrected chi connectivity index (χ0v) is 13.8. The van der Waals surface area contributed by atoms with E-state index in [0.29, 0.717) is 17.1 Å². The van der Waals surface area contributed by atoms with Crippen LogP contribution in [0, 0.1) is 11.3 Å². The molecule has 1 aromatic rings. The Morgan fingerprint density at radius 1 is 0.950 bits per heavy atom. The van der Waals surface area contributed by atoms with Gasteiger partial charge in [0.05, 0.1) is 0 Å². The van der Waals surface area contributed by atoms with Crippen molar-refractivity contribution in [3.8, 4) is 5.75 Å². The van der Waals surface area contributed by atoms with Gasteiger partial charge in [-0.25, -0.2) is 0 Å². The first-order chi connectivity index (χ1) is 9.43. The molecular weight excluding hydrogens is 244 g/mol.